The fourth-order valence-electron chi connectivity index (χ4n) is 4.22. The van der Waals surface area contributed by atoms with Gasteiger partial charge in [0.2, 0.25) is 0 Å². The van der Waals surface area contributed by atoms with Crippen molar-refractivity contribution in [3.63, 3.8) is 0 Å². The summed E-state index contributed by atoms with van der Waals surface area (Å²) < 4.78 is 11.1. The van der Waals surface area contributed by atoms with E-state index in [1.54, 1.807) is 13.3 Å². The number of nitrogens with zero attached hydrogens (tertiary/aromatic N) is 4. The molecule has 1 aliphatic rings. The van der Waals surface area contributed by atoms with E-state index in [0.717, 1.165) is 47.8 Å². The smallest absolute Gasteiger partial charge is 0.153 e. The van der Waals surface area contributed by atoms with Crippen LogP contribution in [-0.2, 0) is 4.74 Å². The van der Waals surface area contributed by atoms with Gasteiger partial charge in [-0.2, -0.15) is 0 Å². The quantitative estimate of drug-likeness (QED) is 0.390. The lowest BCUT2D eigenvalue weighted by Gasteiger charge is -2.36. The van der Waals surface area contributed by atoms with Crippen molar-refractivity contribution in [2.45, 2.75) is 20.1 Å². The number of likely N-dealkylation sites (N-methyl/N-ethyl adjacent to an activating group) is 1. The minimum atomic E-state index is -0.795. The molecule has 0 bridgehead atoms. The van der Waals surface area contributed by atoms with Crippen LogP contribution in [0.2, 0.25) is 0 Å². The minimum Gasteiger partial charge on any atom is -0.491 e. The fraction of sp³-hybridized carbons (Fsp3) is 0.357. The zero-order valence-corrected chi connectivity index (χ0v) is 21.2. The van der Waals surface area contributed by atoms with E-state index < -0.39 is 6.23 Å². The van der Waals surface area contributed by atoms with Crippen molar-refractivity contribution < 1.29 is 14.6 Å². The van der Waals surface area contributed by atoms with Crippen LogP contribution in [0.3, 0.4) is 0 Å². The van der Waals surface area contributed by atoms with Crippen LogP contribution >= 0.6 is 0 Å². The molecule has 2 aromatic heterocycles. The molecule has 3 heterocycles. The average molecular weight is 490 g/mol. The van der Waals surface area contributed by atoms with Crippen LogP contribution < -0.4 is 15.0 Å². The van der Waals surface area contributed by atoms with E-state index in [2.05, 4.69) is 34.0 Å². The molecule has 1 unspecified atom stereocenters. The van der Waals surface area contributed by atoms with E-state index >= 15 is 0 Å². The summed E-state index contributed by atoms with van der Waals surface area (Å²) in [7, 11) is 1.66. The number of rotatable bonds is 12. The number of benzene rings is 1. The molecule has 0 amide bonds. The summed E-state index contributed by atoms with van der Waals surface area (Å²) >= 11 is 0. The van der Waals surface area contributed by atoms with Crippen LogP contribution in [0.5, 0.6) is 5.75 Å². The second-order valence-corrected chi connectivity index (χ2v) is 8.53. The molecular weight excluding hydrogens is 454 g/mol. The Kier molecular flexibility index (Phi) is 8.89. The van der Waals surface area contributed by atoms with Gasteiger partial charge in [0.1, 0.15) is 24.0 Å². The Hall–Kier alpha value is -3.46. The van der Waals surface area contributed by atoms with E-state index in [1.165, 1.54) is 0 Å². The highest BCUT2D eigenvalue weighted by molar-refractivity contribution is 5.92. The SMILES string of the molecule is CCN(CC)CCOc1ccc(Nc2cc3c(cn2)C=C(c2ccccc2)C(O)N3CCOC)nc1. The van der Waals surface area contributed by atoms with Gasteiger partial charge in [-0.1, -0.05) is 44.2 Å². The number of aromatic nitrogens is 2. The normalized spacial score (nSPS) is 15.0. The first-order chi connectivity index (χ1) is 17.6. The number of aliphatic hydroxyl groups is 1. The number of hydrogen-bond donors (Lipinski definition) is 2. The number of nitrogens with one attached hydrogen (secondary N) is 1. The van der Waals surface area contributed by atoms with Crippen LogP contribution in [-0.4, -0.2) is 72.7 Å². The molecule has 1 aliphatic heterocycles. The number of aliphatic hydroxyl groups excluding tert-OH is 1. The third kappa shape index (κ3) is 6.20. The summed E-state index contributed by atoms with van der Waals surface area (Å²) in [6.45, 7) is 8.86. The molecule has 2 N–H and O–H groups in total. The molecular formula is C28H35N5O3. The highest BCUT2D eigenvalue weighted by Crippen LogP contribution is 2.37. The number of fused-ring (bicyclic) bond motifs is 1. The molecule has 0 radical (unpaired) electrons. The first kappa shape index (κ1) is 25.6. The molecule has 36 heavy (non-hydrogen) atoms. The van der Waals surface area contributed by atoms with E-state index in [0.29, 0.717) is 31.4 Å². The van der Waals surface area contributed by atoms with Gasteiger partial charge in [0.15, 0.2) is 6.23 Å². The maximum Gasteiger partial charge on any atom is 0.153 e. The topological polar surface area (TPSA) is 83.0 Å². The van der Waals surface area contributed by atoms with Crippen LogP contribution in [0.15, 0.2) is 60.9 Å². The molecule has 0 spiro atoms. The highest BCUT2D eigenvalue weighted by atomic mass is 16.5. The Bertz CT molecular complexity index is 1130. The fourth-order valence-corrected chi connectivity index (χ4v) is 4.22. The Labute approximate surface area is 213 Å². The van der Waals surface area contributed by atoms with Gasteiger partial charge in [-0.15, -0.1) is 0 Å². The predicted octanol–water partition coefficient (Wildman–Crippen LogP) is 4.27. The number of pyridine rings is 2. The lowest BCUT2D eigenvalue weighted by atomic mass is 9.96. The third-order valence-electron chi connectivity index (χ3n) is 6.31. The van der Waals surface area contributed by atoms with Crippen molar-refractivity contribution in [1.82, 2.24) is 14.9 Å². The zero-order chi connectivity index (χ0) is 25.3. The number of hydrogen-bond acceptors (Lipinski definition) is 8. The summed E-state index contributed by atoms with van der Waals surface area (Å²) in [4.78, 5) is 13.3. The van der Waals surface area contributed by atoms with E-state index in [9.17, 15) is 5.11 Å². The van der Waals surface area contributed by atoms with Gasteiger partial charge in [0.05, 0.1) is 18.5 Å². The van der Waals surface area contributed by atoms with Gasteiger partial charge in [0, 0.05) is 43.6 Å². The molecule has 3 aromatic rings. The summed E-state index contributed by atoms with van der Waals surface area (Å²) in [5.41, 5.74) is 3.63. The van der Waals surface area contributed by atoms with Crippen molar-refractivity contribution in [2.75, 3.05) is 56.7 Å². The molecule has 0 saturated carbocycles. The molecule has 190 valence electrons. The van der Waals surface area contributed by atoms with Crippen LogP contribution in [0, 0.1) is 0 Å². The Morgan fingerprint density at radius 2 is 1.78 bits per heavy atom. The molecule has 8 nitrogen and oxygen atoms in total. The lowest BCUT2D eigenvalue weighted by molar-refractivity contribution is 0.178. The largest absolute Gasteiger partial charge is 0.491 e. The summed E-state index contributed by atoms with van der Waals surface area (Å²) in [6, 6.07) is 15.6. The first-order valence-corrected chi connectivity index (χ1v) is 12.4. The van der Waals surface area contributed by atoms with E-state index in [4.69, 9.17) is 9.47 Å². The predicted molar refractivity (Wildman–Crippen MR) is 145 cm³/mol. The van der Waals surface area contributed by atoms with Gasteiger partial charge in [0.25, 0.3) is 0 Å². The van der Waals surface area contributed by atoms with Crippen molar-refractivity contribution in [2.24, 2.45) is 0 Å². The standard InChI is InChI=1S/C28H35N5O3/c1-4-32(5-2)13-16-36-23-11-12-26(30-20-23)31-27-18-25-22(19-29-27)17-24(21-9-7-6-8-10-21)28(34)33(25)14-15-35-3/h6-12,17-20,28,34H,4-5,13-16H2,1-3H3,(H,29,30,31). The van der Waals surface area contributed by atoms with Crippen LogP contribution in [0.1, 0.15) is 25.0 Å². The molecule has 0 fully saturated rings. The van der Waals surface area contributed by atoms with Gasteiger partial charge in [-0.3, -0.25) is 0 Å². The average Bonchev–Trinajstić information content (AvgIpc) is 2.92. The van der Waals surface area contributed by atoms with Crippen LogP contribution in [0.4, 0.5) is 17.3 Å². The van der Waals surface area contributed by atoms with Crippen LogP contribution in [0.25, 0.3) is 11.6 Å². The number of anilines is 3. The van der Waals surface area contributed by atoms with E-state index in [-0.39, 0.29) is 0 Å². The lowest BCUT2D eigenvalue weighted by Crippen LogP contribution is -2.40. The highest BCUT2D eigenvalue weighted by Gasteiger charge is 2.28. The molecule has 4 rings (SSSR count). The number of ether oxygens (including phenoxy) is 2. The van der Waals surface area contributed by atoms with Gasteiger partial charge < -0.3 is 29.7 Å². The second kappa shape index (κ2) is 12.5. The van der Waals surface area contributed by atoms with E-state index in [1.807, 2.05) is 65.7 Å². The van der Waals surface area contributed by atoms with Gasteiger partial charge in [-0.05, 0) is 36.9 Å². The number of methoxy groups -OCH3 is 1. The Morgan fingerprint density at radius 3 is 2.47 bits per heavy atom. The van der Waals surface area contributed by atoms with Crippen molar-refractivity contribution in [3.8, 4) is 5.75 Å². The molecule has 8 heteroatoms. The summed E-state index contributed by atoms with van der Waals surface area (Å²) in [6.07, 6.45) is 4.73. The van der Waals surface area contributed by atoms with Gasteiger partial charge >= 0.3 is 0 Å². The van der Waals surface area contributed by atoms with Crippen molar-refractivity contribution in [1.29, 1.82) is 0 Å². The monoisotopic (exact) mass is 489 g/mol. The Morgan fingerprint density at radius 1 is 1.00 bits per heavy atom. The van der Waals surface area contributed by atoms with Crippen molar-refractivity contribution >= 4 is 29.0 Å². The minimum absolute atomic E-state index is 0.487. The maximum atomic E-state index is 11.2. The second-order valence-electron chi connectivity index (χ2n) is 8.53. The van der Waals surface area contributed by atoms with Gasteiger partial charge in [-0.25, -0.2) is 9.97 Å². The zero-order valence-electron chi connectivity index (χ0n) is 21.2. The molecule has 0 saturated heterocycles. The molecule has 1 atom stereocenters. The first-order valence-electron chi connectivity index (χ1n) is 12.4. The summed E-state index contributed by atoms with van der Waals surface area (Å²) in [5.74, 6) is 2.04. The third-order valence-corrected chi connectivity index (χ3v) is 6.31. The molecule has 0 aliphatic carbocycles. The Balaban J connectivity index is 1.49. The maximum absolute atomic E-state index is 11.2. The molecule has 1 aromatic carbocycles. The van der Waals surface area contributed by atoms with Crippen molar-refractivity contribution in [3.05, 3.63) is 72.1 Å². The summed E-state index contributed by atoms with van der Waals surface area (Å²) in [5, 5.41) is 14.5.